The van der Waals surface area contributed by atoms with Crippen molar-refractivity contribution in [3.05, 3.63) is 46.5 Å². The van der Waals surface area contributed by atoms with Gasteiger partial charge in [0.15, 0.2) is 0 Å². The lowest BCUT2D eigenvalue weighted by Gasteiger charge is -2.18. The quantitative estimate of drug-likeness (QED) is 0.580. The zero-order chi connectivity index (χ0) is 12.0. The van der Waals surface area contributed by atoms with Crippen LogP contribution in [0.4, 0.5) is 0 Å². The van der Waals surface area contributed by atoms with E-state index >= 15 is 0 Å². The van der Waals surface area contributed by atoms with E-state index in [2.05, 4.69) is 11.9 Å². The fourth-order valence-electron chi connectivity index (χ4n) is 1.70. The van der Waals surface area contributed by atoms with Crippen LogP contribution in [0.2, 0.25) is 10.0 Å². The lowest BCUT2D eigenvalue weighted by Crippen LogP contribution is -2.16. The van der Waals surface area contributed by atoms with Gasteiger partial charge >= 0.3 is 0 Å². The predicted octanol–water partition coefficient (Wildman–Crippen LogP) is 4.61. The first-order valence-corrected chi connectivity index (χ1v) is 6.17. The molecule has 0 aliphatic carbocycles. The Morgan fingerprint density at radius 3 is 2.81 bits per heavy atom. The van der Waals surface area contributed by atoms with Crippen molar-refractivity contribution >= 4 is 23.2 Å². The highest BCUT2D eigenvalue weighted by Crippen LogP contribution is 2.29. The summed E-state index contributed by atoms with van der Waals surface area (Å²) >= 11 is 12.1. The van der Waals surface area contributed by atoms with E-state index in [0.29, 0.717) is 0 Å². The zero-order valence-corrected chi connectivity index (χ0v) is 11.0. The lowest BCUT2D eigenvalue weighted by atomic mass is 10.0. The zero-order valence-electron chi connectivity index (χ0n) is 9.47. The maximum atomic E-state index is 6.16. The molecule has 0 aliphatic rings. The molecule has 0 radical (unpaired) electrons. The van der Waals surface area contributed by atoms with E-state index in [9.17, 15) is 0 Å². The highest BCUT2D eigenvalue weighted by Gasteiger charge is 2.12. The van der Waals surface area contributed by atoms with Gasteiger partial charge in [-0.25, -0.2) is 0 Å². The Morgan fingerprint density at radius 1 is 1.44 bits per heavy atom. The highest BCUT2D eigenvalue weighted by atomic mass is 35.5. The molecule has 88 valence electrons. The van der Waals surface area contributed by atoms with Crippen LogP contribution in [0.15, 0.2) is 30.9 Å². The summed E-state index contributed by atoms with van der Waals surface area (Å²) in [6, 6.07) is 5.84. The number of hydrogen-bond acceptors (Lipinski definition) is 1. The predicted molar refractivity (Wildman–Crippen MR) is 72.3 cm³/mol. The molecule has 0 bridgehead atoms. The normalized spacial score (nSPS) is 12.4. The van der Waals surface area contributed by atoms with Crippen LogP contribution < -0.4 is 5.32 Å². The molecule has 1 unspecified atom stereocenters. The standard InChI is InChI=1S/C13H17Cl2N/c1-3-4-5-6-13(16-2)11-9-10(14)7-8-12(11)15/h3,7-9,13,16H,1,4-6H2,2H3. The molecule has 1 aromatic rings. The Morgan fingerprint density at radius 2 is 2.19 bits per heavy atom. The maximum absolute atomic E-state index is 6.16. The molecule has 0 saturated heterocycles. The summed E-state index contributed by atoms with van der Waals surface area (Å²) in [5.74, 6) is 0. The second-order valence-corrected chi connectivity index (χ2v) is 4.57. The topological polar surface area (TPSA) is 12.0 Å². The number of nitrogens with one attached hydrogen (secondary N) is 1. The van der Waals surface area contributed by atoms with Crippen LogP contribution in [0.25, 0.3) is 0 Å². The van der Waals surface area contributed by atoms with Crippen LogP contribution in [-0.4, -0.2) is 7.05 Å². The molecule has 1 atom stereocenters. The molecule has 0 heterocycles. The molecule has 1 rings (SSSR count). The van der Waals surface area contributed by atoms with Crippen molar-refractivity contribution in [3.8, 4) is 0 Å². The van der Waals surface area contributed by atoms with E-state index in [-0.39, 0.29) is 6.04 Å². The van der Waals surface area contributed by atoms with Crippen LogP contribution in [0.5, 0.6) is 0 Å². The minimum Gasteiger partial charge on any atom is -0.313 e. The van der Waals surface area contributed by atoms with Crippen molar-refractivity contribution < 1.29 is 0 Å². The van der Waals surface area contributed by atoms with Crippen molar-refractivity contribution in [2.24, 2.45) is 0 Å². The summed E-state index contributed by atoms with van der Waals surface area (Å²) in [6.07, 6.45) is 5.09. The minimum atomic E-state index is 0.256. The summed E-state index contributed by atoms with van der Waals surface area (Å²) in [4.78, 5) is 0. The van der Waals surface area contributed by atoms with Crippen molar-refractivity contribution in [3.63, 3.8) is 0 Å². The van der Waals surface area contributed by atoms with Crippen LogP contribution >= 0.6 is 23.2 Å². The van der Waals surface area contributed by atoms with Crippen LogP contribution in [0, 0.1) is 0 Å². The summed E-state index contributed by atoms with van der Waals surface area (Å²) in [7, 11) is 1.94. The Bertz CT molecular complexity index is 350. The Kier molecular flexibility index (Phi) is 5.89. The van der Waals surface area contributed by atoms with E-state index in [0.717, 1.165) is 34.9 Å². The van der Waals surface area contributed by atoms with Crippen molar-refractivity contribution in [2.75, 3.05) is 7.05 Å². The first-order valence-electron chi connectivity index (χ1n) is 5.42. The summed E-state index contributed by atoms with van der Waals surface area (Å²) in [5.41, 5.74) is 1.07. The maximum Gasteiger partial charge on any atom is 0.0454 e. The molecule has 0 amide bonds. The Labute approximate surface area is 107 Å². The molecule has 16 heavy (non-hydrogen) atoms. The fraction of sp³-hybridized carbons (Fsp3) is 0.385. The van der Waals surface area contributed by atoms with E-state index < -0.39 is 0 Å². The average molecular weight is 258 g/mol. The first kappa shape index (κ1) is 13.6. The van der Waals surface area contributed by atoms with Gasteiger partial charge in [-0.1, -0.05) is 29.3 Å². The molecule has 0 fully saturated rings. The molecular formula is C13H17Cl2N. The van der Waals surface area contributed by atoms with Gasteiger partial charge in [-0.3, -0.25) is 0 Å². The number of hydrogen-bond donors (Lipinski definition) is 1. The third-order valence-corrected chi connectivity index (χ3v) is 3.16. The summed E-state index contributed by atoms with van der Waals surface area (Å²) in [5, 5.41) is 4.76. The van der Waals surface area contributed by atoms with Gasteiger partial charge in [0.05, 0.1) is 0 Å². The molecular weight excluding hydrogens is 241 g/mol. The van der Waals surface area contributed by atoms with Gasteiger partial charge in [0.1, 0.15) is 0 Å². The second-order valence-electron chi connectivity index (χ2n) is 3.73. The van der Waals surface area contributed by atoms with Gasteiger partial charge in [0.2, 0.25) is 0 Å². The summed E-state index contributed by atoms with van der Waals surface area (Å²) in [6.45, 7) is 3.72. The highest BCUT2D eigenvalue weighted by molar-refractivity contribution is 6.33. The van der Waals surface area contributed by atoms with Gasteiger partial charge in [-0.05, 0) is 50.1 Å². The molecule has 3 heteroatoms. The number of allylic oxidation sites excluding steroid dienone is 1. The first-order chi connectivity index (χ1) is 7.69. The van der Waals surface area contributed by atoms with Crippen LogP contribution in [0.3, 0.4) is 0 Å². The molecule has 1 N–H and O–H groups in total. The number of unbranched alkanes of at least 4 members (excludes halogenated alkanes) is 1. The number of benzene rings is 1. The molecule has 1 nitrogen and oxygen atoms in total. The lowest BCUT2D eigenvalue weighted by molar-refractivity contribution is 0.530. The Hall–Kier alpha value is -0.500. The van der Waals surface area contributed by atoms with Crippen molar-refractivity contribution in [2.45, 2.75) is 25.3 Å². The van der Waals surface area contributed by atoms with Gasteiger partial charge in [-0.15, -0.1) is 6.58 Å². The molecule has 1 aromatic carbocycles. The van der Waals surface area contributed by atoms with Gasteiger partial charge in [0.25, 0.3) is 0 Å². The molecule has 0 aromatic heterocycles. The van der Waals surface area contributed by atoms with E-state index in [1.54, 1.807) is 0 Å². The third-order valence-electron chi connectivity index (χ3n) is 2.58. The Balaban J connectivity index is 2.77. The second kappa shape index (κ2) is 6.95. The summed E-state index contributed by atoms with van der Waals surface area (Å²) < 4.78 is 0. The fourth-order valence-corrected chi connectivity index (χ4v) is 2.13. The number of halogens is 2. The van der Waals surface area contributed by atoms with Crippen molar-refractivity contribution in [1.82, 2.24) is 5.32 Å². The molecule has 0 aliphatic heterocycles. The molecule has 0 saturated carbocycles. The SMILES string of the molecule is C=CCCCC(NC)c1cc(Cl)ccc1Cl. The van der Waals surface area contributed by atoms with Gasteiger partial charge in [-0.2, -0.15) is 0 Å². The smallest absolute Gasteiger partial charge is 0.0454 e. The van der Waals surface area contributed by atoms with E-state index in [1.165, 1.54) is 0 Å². The van der Waals surface area contributed by atoms with Crippen LogP contribution in [-0.2, 0) is 0 Å². The molecule has 0 spiro atoms. The van der Waals surface area contributed by atoms with E-state index in [1.807, 2.05) is 31.3 Å². The largest absolute Gasteiger partial charge is 0.313 e. The van der Waals surface area contributed by atoms with Crippen LogP contribution in [0.1, 0.15) is 30.9 Å². The van der Waals surface area contributed by atoms with Gasteiger partial charge in [0, 0.05) is 16.1 Å². The average Bonchev–Trinajstić information content (AvgIpc) is 2.28. The monoisotopic (exact) mass is 257 g/mol. The number of rotatable bonds is 6. The van der Waals surface area contributed by atoms with Gasteiger partial charge < -0.3 is 5.32 Å². The minimum absolute atomic E-state index is 0.256. The van der Waals surface area contributed by atoms with Crippen molar-refractivity contribution in [1.29, 1.82) is 0 Å². The third kappa shape index (κ3) is 3.82. The van der Waals surface area contributed by atoms with E-state index in [4.69, 9.17) is 23.2 Å².